The van der Waals surface area contributed by atoms with Crippen LogP contribution in [0.3, 0.4) is 0 Å². The number of amides is 1. The number of hydrogen-bond donors (Lipinski definition) is 1. The highest BCUT2D eigenvalue weighted by Crippen LogP contribution is 2.25. The molecule has 1 N–H and O–H groups in total. The van der Waals surface area contributed by atoms with Crippen LogP contribution in [0, 0.1) is 5.92 Å². The molecule has 1 aliphatic rings. The molecule has 14 heavy (non-hydrogen) atoms. The van der Waals surface area contributed by atoms with Gasteiger partial charge in [0.15, 0.2) is 0 Å². The Hall–Kier alpha value is -0.180. The predicted octanol–water partition coefficient (Wildman–Crippen LogP) is 3.42. The summed E-state index contributed by atoms with van der Waals surface area (Å²) in [6.45, 7) is 2.88. The van der Waals surface area contributed by atoms with Crippen molar-refractivity contribution in [3.05, 3.63) is 0 Å². The normalized spacial score (nSPS) is 18.1. The van der Waals surface area contributed by atoms with Crippen molar-refractivity contribution < 1.29 is 4.79 Å². The zero-order valence-corrected chi connectivity index (χ0v) is 9.87. The standard InChI is InChI=1S/C11H21NOS/c1-2-14-11(13)12-9-8-10-6-4-3-5-7-10/h10H,2-9H2,1H3,(H,12,13). The molecule has 0 spiro atoms. The smallest absolute Gasteiger partial charge is 0.279 e. The number of carbonyl (C=O) groups excluding carboxylic acids is 1. The van der Waals surface area contributed by atoms with Crippen molar-refractivity contribution >= 4 is 17.0 Å². The first-order valence-corrected chi connectivity index (χ1v) is 6.72. The molecular formula is C11H21NOS. The molecule has 2 nitrogen and oxygen atoms in total. The van der Waals surface area contributed by atoms with E-state index in [0.29, 0.717) is 0 Å². The lowest BCUT2D eigenvalue weighted by molar-refractivity contribution is 0.258. The van der Waals surface area contributed by atoms with Gasteiger partial charge in [0.25, 0.3) is 5.24 Å². The number of nitrogens with one attached hydrogen (secondary N) is 1. The van der Waals surface area contributed by atoms with Crippen molar-refractivity contribution in [1.29, 1.82) is 0 Å². The summed E-state index contributed by atoms with van der Waals surface area (Å²) < 4.78 is 0. The molecule has 0 heterocycles. The third-order valence-electron chi connectivity index (χ3n) is 2.82. The van der Waals surface area contributed by atoms with Crippen LogP contribution >= 0.6 is 11.8 Å². The highest BCUT2D eigenvalue weighted by Gasteiger charge is 2.12. The van der Waals surface area contributed by atoms with Gasteiger partial charge in [-0.05, 0) is 18.1 Å². The first-order valence-electron chi connectivity index (χ1n) is 5.73. The van der Waals surface area contributed by atoms with Gasteiger partial charge in [-0.1, -0.05) is 50.8 Å². The lowest BCUT2D eigenvalue weighted by atomic mass is 9.87. The van der Waals surface area contributed by atoms with Crippen molar-refractivity contribution in [2.75, 3.05) is 12.3 Å². The van der Waals surface area contributed by atoms with Crippen LogP contribution < -0.4 is 5.32 Å². The van der Waals surface area contributed by atoms with Crippen LogP contribution in [0.15, 0.2) is 0 Å². The molecule has 3 heteroatoms. The lowest BCUT2D eigenvalue weighted by Gasteiger charge is -2.21. The fraction of sp³-hybridized carbons (Fsp3) is 0.909. The predicted molar refractivity (Wildman–Crippen MR) is 62.7 cm³/mol. The fourth-order valence-electron chi connectivity index (χ4n) is 2.04. The minimum Gasteiger partial charge on any atom is -0.347 e. The average molecular weight is 215 g/mol. The summed E-state index contributed by atoms with van der Waals surface area (Å²) in [5.41, 5.74) is 0. The Morgan fingerprint density at radius 2 is 2.07 bits per heavy atom. The van der Waals surface area contributed by atoms with Gasteiger partial charge in [-0.25, -0.2) is 0 Å². The van der Waals surface area contributed by atoms with Gasteiger partial charge in [-0.3, -0.25) is 4.79 Å². The summed E-state index contributed by atoms with van der Waals surface area (Å²) in [4.78, 5) is 11.1. The van der Waals surface area contributed by atoms with Crippen LogP contribution in [-0.4, -0.2) is 17.5 Å². The number of hydrogen-bond acceptors (Lipinski definition) is 2. The Labute approximate surface area is 91.2 Å². The van der Waals surface area contributed by atoms with Crippen LogP contribution in [0.1, 0.15) is 45.4 Å². The van der Waals surface area contributed by atoms with Crippen molar-refractivity contribution in [1.82, 2.24) is 5.32 Å². The van der Waals surface area contributed by atoms with Gasteiger partial charge in [-0.2, -0.15) is 0 Å². The van der Waals surface area contributed by atoms with Crippen LogP contribution in [0.4, 0.5) is 4.79 Å². The van der Waals surface area contributed by atoms with Gasteiger partial charge in [0.05, 0.1) is 0 Å². The maximum absolute atomic E-state index is 11.1. The molecule has 0 unspecified atom stereocenters. The van der Waals surface area contributed by atoms with E-state index < -0.39 is 0 Å². The molecule has 0 aromatic heterocycles. The molecule has 1 aliphatic carbocycles. The summed E-state index contributed by atoms with van der Waals surface area (Å²) in [6, 6.07) is 0. The highest BCUT2D eigenvalue weighted by molar-refractivity contribution is 8.13. The third-order valence-corrected chi connectivity index (χ3v) is 3.52. The summed E-state index contributed by atoms with van der Waals surface area (Å²) >= 11 is 1.37. The van der Waals surface area contributed by atoms with E-state index in [2.05, 4.69) is 5.32 Å². The van der Waals surface area contributed by atoms with Crippen LogP contribution in [0.2, 0.25) is 0 Å². The van der Waals surface area contributed by atoms with E-state index in [-0.39, 0.29) is 5.24 Å². The number of rotatable bonds is 4. The Kier molecular flexibility index (Phi) is 6.08. The van der Waals surface area contributed by atoms with E-state index >= 15 is 0 Å². The molecule has 0 bridgehead atoms. The van der Waals surface area contributed by atoms with Crippen LogP contribution in [0.5, 0.6) is 0 Å². The molecular weight excluding hydrogens is 194 g/mol. The van der Waals surface area contributed by atoms with Crippen molar-refractivity contribution in [2.45, 2.75) is 45.4 Å². The summed E-state index contributed by atoms with van der Waals surface area (Å²) in [7, 11) is 0. The van der Waals surface area contributed by atoms with E-state index in [9.17, 15) is 4.79 Å². The Balaban J connectivity index is 1.99. The van der Waals surface area contributed by atoms with Crippen molar-refractivity contribution in [2.24, 2.45) is 5.92 Å². The fourth-order valence-corrected chi connectivity index (χ4v) is 2.50. The Morgan fingerprint density at radius 1 is 1.36 bits per heavy atom. The molecule has 0 saturated heterocycles. The van der Waals surface area contributed by atoms with Gasteiger partial charge in [-0.15, -0.1) is 0 Å². The van der Waals surface area contributed by atoms with E-state index in [4.69, 9.17) is 0 Å². The zero-order valence-electron chi connectivity index (χ0n) is 9.05. The first-order chi connectivity index (χ1) is 6.83. The number of thioether (sulfide) groups is 1. The quantitative estimate of drug-likeness (QED) is 0.778. The molecule has 0 aromatic rings. The molecule has 1 fully saturated rings. The molecule has 0 radical (unpaired) electrons. The van der Waals surface area contributed by atoms with E-state index in [1.807, 2.05) is 6.92 Å². The summed E-state index contributed by atoms with van der Waals surface area (Å²) in [5.74, 6) is 1.74. The second kappa shape index (κ2) is 7.16. The Bertz CT molecular complexity index is 167. The average Bonchev–Trinajstić information content (AvgIpc) is 2.20. The van der Waals surface area contributed by atoms with Crippen LogP contribution in [0.25, 0.3) is 0 Å². The molecule has 82 valence electrons. The zero-order chi connectivity index (χ0) is 10.2. The molecule has 0 aromatic carbocycles. The monoisotopic (exact) mass is 215 g/mol. The van der Waals surface area contributed by atoms with Crippen molar-refractivity contribution in [3.63, 3.8) is 0 Å². The van der Waals surface area contributed by atoms with Gasteiger partial charge in [0.1, 0.15) is 0 Å². The first kappa shape index (κ1) is 11.9. The second-order valence-electron chi connectivity index (χ2n) is 3.94. The molecule has 0 aliphatic heterocycles. The van der Waals surface area contributed by atoms with E-state index in [1.165, 1.54) is 50.3 Å². The van der Waals surface area contributed by atoms with Gasteiger partial charge in [0.2, 0.25) is 0 Å². The van der Waals surface area contributed by atoms with Gasteiger partial charge in [0, 0.05) is 6.54 Å². The lowest BCUT2D eigenvalue weighted by Crippen LogP contribution is -2.22. The molecule has 1 saturated carbocycles. The molecule has 1 rings (SSSR count). The van der Waals surface area contributed by atoms with Crippen molar-refractivity contribution in [3.8, 4) is 0 Å². The largest absolute Gasteiger partial charge is 0.347 e. The highest BCUT2D eigenvalue weighted by atomic mass is 32.2. The minimum absolute atomic E-state index is 0.142. The SMILES string of the molecule is CCSC(=O)NCCC1CCCCC1. The van der Waals surface area contributed by atoms with E-state index in [1.54, 1.807) is 0 Å². The maximum Gasteiger partial charge on any atom is 0.279 e. The Morgan fingerprint density at radius 3 is 2.71 bits per heavy atom. The number of carbonyl (C=O) groups is 1. The second-order valence-corrected chi connectivity index (χ2v) is 5.18. The van der Waals surface area contributed by atoms with E-state index in [0.717, 1.165) is 18.2 Å². The third kappa shape index (κ3) is 4.89. The molecule has 0 atom stereocenters. The van der Waals surface area contributed by atoms with Gasteiger partial charge >= 0.3 is 0 Å². The topological polar surface area (TPSA) is 29.1 Å². The maximum atomic E-state index is 11.1. The summed E-state index contributed by atoms with van der Waals surface area (Å²) in [5, 5.41) is 3.10. The minimum atomic E-state index is 0.142. The van der Waals surface area contributed by atoms with Gasteiger partial charge < -0.3 is 5.32 Å². The summed E-state index contributed by atoms with van der Waals surface area (Å²) in [6.07, 6.45) is 8.11. The van der Waals surface area contributed by atoms with Crippen LogP contribution in [-0.2, 0) is 0 Å². The molecule has 1 amide bonds.